The Balaban J connectivity index is 1.93. The van der Waals surface area contributed by atoms with E-state index in [9.17, 15) is 13.2 Å². The van der Waals surface area contributed by atoms with Gasteiger partial charge in [0.05, 0.1) is 19.1 Å². The Morgan fingerprint density at radius 1 is 0.931 bits per heavy atom. The van der Waals surface area contributed by atoms with E-state index >= 15 is 0 Å². The van der Waals surface area contributed by atoms with Gasteiger partial charge in [0.1, 0.15) is 11.5 Å². The summed E-state index contributed by atoms with van der Waals surface area (Å²) >= 11 is 0. The number of nitrogens with one attached hydrogen (secondary N) is 2. The second kappa shape index (κ2) is 9.28. The largest absolute Gasteiger partial charge is 0.497 e. The van der Waals surface area contributed by atoms with Gasteiger partial charge in [-0.05, 0) is 35.2 Å². The molecular weight excluding hydrogens is 392 g/mol. The maximum atomic E-state index is 12.4. The number of rotatable bonds is 8. The number of methoxy groups -OCH3 is 2. The molecule has 2 aromatic carbocycles. The zero-order valence-corrected chi connectivity index (χ0v) is 18.2. The van der Waals surface area contributed by atoms with Gasteiger partial charge >= 0.3 is 0 Å². The molecule has 29 heavy (non-hydrogen) atoms. The predicted octanol–water partition coefficient (Wildman–Crippen LogP) is 2.71. The zero-order chi connectivity index (χ0) is 21.7. The second-order valence-electron chi connectivity index (χ2n) is 7.53. The number of hydrogen-bond donors (Lipinski definition) is 2. The van der Waals surface area contributed by atoms with E-state index in [4.69, 9.17) is 9.47 Å². The van der Waals surface area contributed by atoms with Gasteiger partial charge in [0, 0.05) is 24.7 Å². The van der Waals surface area contributed by atoms with Crippen LogP contribution in [-0.2, 0) is 15.4 Å². The fraction of sp³-hybridized carbons (Fsp3) is 0.381. The third-order valence-electron chi connectivity index (χ3n) is 4.35. The summed E-state index contributed by atoms with van der Waals surface area (Å²) < 4.78 is 37.6. The molecule has 0 unspecified atom stereocenters. The van der Waals surface area contributed by atoms with Crippen LogP contribution in [0.1, 0.15) is 36.7 Å². The number of benzene rings is 2. The highest BCUT2D eigenvalue weighted by Gasteiger charge is 2.17. The van der Waals surface area contributed by atoms with Crippen molar-refractivity contribution in [2.75, 3.05) is 27.3 Å². The summed E-state index contributed by atoms with van der Waals surface area (Å²) in [6, 6.07) is 11.6. The summed E-state index contributed by atoms with van der Waals surface area (Å²) in [4.78, 5) is 12.5. The molecule has 158 valence electrons. The van der Waals surface area contributed by atoms with Gasteiger partial charge in [-0.1, -0.05) is 32.9 Å². The van der Waals surface area contributed by atoms with Crippen LogP contribution < -0.4 is 19.5 Å². The van der Waals surface area contributed by atoms with Crippen molar-refractivity contribution in [2.24, 2.45) is 0 Å². The molecule has 7 nitrogen and oxygen atoms in total. The van der Waals surface area contributed by atoms with Gasteiger partial charge in [-0.3, -0.25) is 4.79 Å². The highest BCUT2D eigenvalue weighted by Crippen LogP contribution is 2.24. The molecule has 0 saturated carbocycles. The van der Waals surface area contributed by atoms with E-state index in [0.29, 0.717) is 17.1 Å². The first-order valence-electron chi connectivity index (χ1n) is 9.18. The van der Waals surface area contributed by atoms with Crippen molar-refractivity contribution in [1.29, 1.82) is 0 Å². The first-order chi connectivity index (χ1) is 13.6. The lowest BCUT2D eigenvalue weighted by Gasteiger charge is -2.19. The van der Waals surface area contributed by atoms with E-state index in [1.807, 2.05) is 12.1 Å². The topological polar surface area (TPSA) is 93.7 Å². The Bertz CT molecular complexity index is 926. The molecular formula is C21H28N2O5S. The van der Waals surface area contributed by atoms with Gasteiger partial charge in [0.15, 0.2) is 0 Å². The Morgan fingerprint density at radius 2 is 1.48 bits per heavy atom. The fourth-order valence-electron chi connectivity index (χ4n) is 2.62. The Kier molecular flexibility index (Phi) is 7.26. The van der Waals surface area contributed by atoms with Crippen molar-refractivity contribution >= 4 is 15.9 Å². The van der Waals surface area contributed by atoms with Crippen LogP contribution in [-0.4, -0.2) is 41.6 Å². The van der Waals surface area contributed by atoms with Crippen LogP contribution in [0.2, 0.25) is 0 Å². The molecule has 0 spiro atoms. The molecule has 0 atom stereocenters. The van der Waals surface area contributed by atoms with Crippen LogP contribution in [0.3, 0.4) is 0 Å². The monoisotopic (exact) mass is 420 g/mol. The summed E-state index contributed by atoms with van der Waals surface area (Å²) in [5.74, 6) is 0.638. The molecule has 0 heterocycles. The molecule has 0 bridgehead atoms. The van der Waals surface area contributed by atoms with Crippen LogP contribution in [0.25, 0.3) is 0 Å². The molecule has 0 fully saturated rings. The van der Waals surface area contributed by atoms with Crippen LogP contribution in [0.4, 0.5) is 0 Å². The molecule has 2 aromatic rings. The number of amides is 1. The maximum absolute atomic E-state index is 12.4. The normalized spacial score (nSPS) is 11.8. The lowest BCUT2D eigenvalue weighted by atomic mass is 9.87. The molecule has 0 aromatic heterocycles. The van der Waals surface area contributed by atoms with Gasteiger partial charge in [-0.2, -0.15) is 0 Å². The van der Waals surface area contributed by atoms with Crippen molar-refractivity contribution in [3.05, 3.63) is 53.6 Å². The molecule has 2 rings (SSSR count). The minimum atomic E-state index is -3.65. The number of ether oxygens (including phenoxy) is 2. The van der Waals surface area contributed by atoms with Crippen LogP contribution in [0.5, 0.6) is 11.5 Å². The van der Waals surface area contributed by atoms with E-state index in [2.05, 4.69) is 30.8 Å². The molecule has 0 saturated heterocycles. The van der Waals surface area contributed by atoms with E-state index in [0.717, 1.165) is 5.56 Å². The predicted molar refractivity (Wildman–Crippen MR) is 112 cm³/mol. The van der Waals surface area contributed by atoms with E-state index in [1.54, 1.807) is 30.3 Å². The second-order valence-corrected chi connectivity index (χ2v) is 9.30. The van der Waals surface area contributed by atoms with E-state index in [-0.39, 0.29) is 29.3 Å². The molecule has 0 radical (unpaired) electrons. The van der Waals surface area contributed by atoms with Crippen molar-refractivity contribution in [1.82, 2.24) is 10.0 Å². The Morgan fingerprint density at radius 3 is 1.97 bits per heavy atom. The van der Waals surface area contributed by atoms with E-state index < -0.39 is 10.0 Å². The van der Waals surface area contributed by atoms with Crippen molar-refractivity contribution in [2.45, 2.75) is 31.1 Å². The average Bonchev–Trinajstić information content (AvgIpc) is 2.70. The van der Waals surface area contributed by atoms with Crippen molar-refractivity contribution in [3.8, 4) is 11.5 Å². The van der Waals surface area contributed by atoms with Crippen LogP contribution >= 0.6 is 0 Å². The third kappa shape index (κ3) is 6.20. The standard InChI is InChI=1S/C21H28N2O5S/c1-21(2,3)16-6-8-19(9-7-16)29(25,26)23-11-10-22-20(24)15-12-17(27-4)14-18(13-15)28-5/h6-9,12-14,23H,10-11H2,1-5H3,(H,22,24). The molecule has 2 N–H and O–H groups in total. The lowest BCUT2D eigenvalue weighted by molar-refractivity contribution is 0.0953. The Labute approximate surface area is 172 Å². The summed E-state index contributed by atoms with van der Waals surface area (Å²) in [6.07, 6.45) is 0. The molecule has 0 aliphatic heterocycles. The lowest BCUT2D eigenvalue weighted by Crippen LogP contribution is -2.34. The highest BCUT2D eigenvalue weighted by molar-refractivity contribution is 7.89. The average molecular weight is 421 g/mol. The minimum absolute atomic E-state index is 0.0528. The van der Waals surface area contributed by atoms with Crippen molar-refractivity contribution in [3.63, 3.8) is 0 Å². The quantitative estimate of drug-likeness (QED) is 0.641. The molecule has 0 aliphatic carbocycles. The number of carbonyl (C=O) groups excluding carboxylic acids is 1. The van der Waals surface area contributed by atoms with Gasteiger partial charge < -0.3 is 14.8 Å². The summed E-state index contributed by atoms with van der Waals surface area (Å²) in [5.41, 5.74) is 1.36. The molecule has 8 heteroatoms. The smallest absolute Gasteiger partial charge is 0.251 e. The third-order valence-corrected chi connectivity index (χ3v) is 5.82. The fourth-order valence-corrected chi connectivity index (χ4v) is 3.65. The van der Waals surface area contributed by atoms with Gasteiger partial charge in [0.25, 0.3) is 5.91 Å². The summed E-state index contributed by atoms with van der Waals surface area (Å²) in [6.45, 7) is 6.40. The zero-order valence-electron chi connectivity index (χ0n) is 17.4. The maximum Gasteiger partial charge on any atom is 0.251 e. The first-order valence-corrected chi connectivity index (χ1v) is 10.7. The highest BCUT2D eigenvalue weighted by atomic mass is 32.2. The summed E-state index contributed by atoms with van der Waals surface area (Å²) in [7, 11) is -0.649. The van der Waals surface area contributed by atoms with Gasteiger partial charge in [-0.15, -0.1) is 0 Å². The van der Waals surface area contributed by atoms with Gasteiger partial charge in [-0.25, -0.2) is 13.1 Å². The molecule has 1 amide bonds. The summed E-state index contributed by atoms with van der Waals surface area (Å²) in [5, 5.41) is 2.68. The number of carbonyl (C=O) groups is 1. The molecule has 0 aliphatic rings. The number of sulfonamides is 1. The first kappa shape index (κ1) is 22.7. The minimum Gasteiger partial charge on any atom is -0.497 e. The van der Waals surface area contributed by atoms with Crippen molar-refractivity contribution < 1.29 is 22.7 Å². The Hall–Kier alpha value is -2.58. The van der Waals surface area contributed by atoms with Crippen LogP contribution in [0.15, 0.2) is 47.4 Å². The SMILES string of the molecule is COc1cc(OC)cc(C(=O)NCCNS(=O)(=O)c2ccc(C(C)(C)C)cc2)c1. The van der Waals surface area contributed by atoms with E-state index in [1.165, 1.54) is 14.2 Å². The van der Waals surface area contributed by atoms with Crippen LogP contribution in [0, 0.1) is 0 Å². The van der Waals surface area contributed by atoms with Gasteiger partial charge in [0.2, 0.25) is 10.0 Å². The number of hydrogen-bond acceptors (Lipinski definition) is 5.